The first-order chi connectivity index (χ1) is 12.8. The van der Waals surface area contributed by atoms with Gasteiger partial charge in [-0.25, -0.2) is 8.42 Å². The molecule has 8 nitrogen and oxygen atoms in total. The average molecular weight is 387 g/mol. The van der Waals surface area contributed by atoms with Gasteiger partial charge in [0.05, 0.1) is 21.9 Å². The number of carbonyl (C=O) groups is 1. The van der Waals surface area contributed by atoms with Gasteiger partial charge in [-0.05, 0) is 42.2 Å². The molecule has 27 heavy (non-hydrogen) atoms. The minimum absolute atomic E-state index is 0.0847. The highest BCUT2D eigenvalue weighted by atomic mass is 32.2. The molecule has 0 saturated heterocycles. The van der Waals surface area contributed by atoms with Crippen molar-refractivity contribution in [2.45, 2.75) is 24.2 Å². The van der Waals surface area contributed by atoms with Crippen LogP contribution in [0.1, 0.15) is 17.5 Å². The fraction of sp³-hybridized carbons (Fsp3) is 0.278. The summed E-state index contributed by atoms with van der Waals surface area (Å²) < 4.78 is 27.7. The van der Waals surface area contributed by atoms with Crippen LogP contribution in [-0.2, 0) is 27.7 Å². The van der Waals surface area contributed by atoms with Gasteiger partial charge in [-0.15, -0.1) is 0 Å². The van der Waals surface area contributed by atoms with Crippen molar-refractivity contribution in [3.05, 3.63) is 57.6 Å². The minimum atomic E-state index is -3.89. The zero-order valence-corrected chi connectivity index (χ0v) is 15.4. The molecule has 0 aliphatic carbocycles. The number of sulfonamides is 1. The molecule has 2 aliphatic rings. The molecule has 0 N–H and O–H groups in total. The topological polar surface area (TPSA) is 101 Å². The maximum atomic E-state index is 13.3. The molecule has 140 valence electrons. The fourth-order valence-electron chi connectivity index (χ4n) is 3.63. The number of rotatable bonds is 3. The molecule has 0 saturated carbocycles. The Morgan fingerprint density at radius 1 is 1.07 bits per heavy atom. The SMILES string of the molecule is CN1C(=O)Cc2cc(S(=O)(=O)N3CCCc4ccc([N+](=O)[O-])cc43)ccc21. The summed E-state index contributed by atoms with van der Waals surface area (Å²) in [5, 5.41) is 11.1. The predicted octanol–water partition coefficient (Wildman–Crippen LogP) is 2.26. The maximum absolute atomic E-state index is 13.3. The lowest BCUT2D eigenvalue weighted by Crippen LogP contribution is -2.35. The molecule has 9 heteroatoms. The van der Waals surface area contributed by atoms with Crippen molar-refractivity contribution in [3.8, 4) is 0 Å². The second-order valence-corrected chi connectivity index (χ2v) is 8.53. The number of aryl methyl sites for hydroxylation is 1. The van der Waals surface area contributed by atoms with Crippen LogP contribution in [0.25, 0.3) is 0 Å². The number of nitro groups is 1. The van der Waals surface area contributed by atoms with Gasteiger partial charge in [0.1, 0.15) is 0 Å². The van der Waals surface area contributed by atoms with Gasteiger partial charge >= 0.3 is 0 Å². The lowest BCUT2D eigenvalue weighted by molar-refractivity contribution is -0.384. The molecule has 2 aromatic rings. The van der Waals surface area contributed by atoms with E-state index in [9.17, 15) is 23.3 Å². The highest BCUT2D eigenvalue weighted by Crippen LogP contribution is 2.36. The Hall–Kier alpha value is -2.94. The molecule has 2 heterocycles. The molecule has 0 spiro atoms. The Bertz CT molecular complexity index is 1080. The quantitative estimate of drug-likeness (QED) is 0.594. The predicted molar refractivity (Wildman–Crippen MR) is 99.5 cm³/mol. The van der Waals surface area contributed by atoms with Gasteiger partial charge in [0.25, 0.3) is 15.7 Å². The van der Waals surface area contributed by atoms with E-state index < -0.39 is 14.9 Å². The van der Waals surface area contributed by atoms with Gasteiger partial charge in [-0.2, -0.15) is 0 Å². The van der Waals surface area contributed by atoms with Crippen molar-refractivity contribution in [1.82, 2.24) is 0 Å². The number of carbonyl (C=O) groups excluding carboxylic acids is 1. The Balaban J connectivity index is 1.79. The molecule has 0 aromatic heterocycles. The zero-order valence-electron chi connectivity index (χ0n) is 14.6. The number of non-ortho nitro benzene ring substituents is 1. The summed E-state index contributed by atoms with van der Waals surface area (Å²) in [6.45, 7) is 0.256. The Morgan fingerprint density at radius 3 is 2.59 bits per heavy atom. The number of hydrogen-bond acceptors (Lipinski definition) is 5. The number of fused-ring (bicyclic) bond motifs is 2. The molecular weight excluding hydrogens is 370 g/mol. The first kappa shape index (κ1) is 17.5. The number of likely N-dealkylation sites (N-methyl/N-ethyl adjacent to an activating group) is 1. The second-order valence-electron chi connectivity index (χ2n) is 6.67. The summed E-state index contributed by atoms with van der Waals surface area (Å²) in [6, 6.07) is 8.96. The minimum Gasteiger partial charge on any atom is -0.315 e. The van der Waals surface area contributed by atoms with Gasteiger partial charge in [0.2, 0.25) is 5.91 Å². The van der Waals surface area contributed by atoms with Crippen molar-refractivity contribution < 1.29 is 18.1 Å². The molecule has 0 unspecified atom stereocenters. The van der Waals surface area contributed by atoms with E-state index in [1.165, 1.54) is 33.5 Å². The number of hydrogen-bond donors (Lipinski definition) is 0. The second kappa shape index (κ2) is 6.05. The lowest BCUT2D eigenvalue weighted by Gasteiger charge is -2.30. The van der Waals surface area contributed by atoms with E-state index >= 15 is 0 Å². The van der Waals surface area contributed by atoms with Crippen LogP contribution < -0.4 is 9.21 Å². The highest BCUT2D eigenvalue weighted by molar-refractivity contribution is 7.92. The van der Waals surface area contributed by atoms with Crippen LogP contribution in [0.5, 0.6) is 0 Å². The van der Waals surface area contributed by atoms with Crippen LogP contribution in [0.3, 0.4) is 0 Å². The zero-order chi connectivity index (χ0) is 19.3. The lowest BCUT2D eigenvalue weighted by atomic mass is 10.0. The normalized spacial score (nSPS) is 16.3. The van der Waals surface area contributed by atoms with Crippen molar-refractivity contribution >= 4 is 33.0 Å². The summed E-state index contributed by atoms with van der Waals surface area (Å²) >= 11 is 0. The van der Waals surface area contributed by atoms with Gasteiger partial charge in [-0.1, -0.05) is 6.07 Å². The largest absolute Gasteiger partial charge is 0.315 e. The number of amides is 1. The summed E-state index contributed by atoms with van der Waals surface area (Å²) in [5.74, 6) is -0.0847. The first-order valence-electron chi connectivity index (χ1n) is 8.48. The Labute approximate surface area is 156 Å². The van der Waals surface area contributed by atoms with E-state index in [4.69, 9.17) is 0 Å². The van der Waals surface area contributed by atoms with Crippen molar-refractivity contribution in [2.75, 3.05) is 22.8 Å². The van der Waals surface area contributed by atoms with Crippen LogP contribution in [0.4, 0.5) is 17.1 Å². The molecule has 4 rings (SSSR count). The number of anilines is 2. The Kier molecular flexibility index (Phi) is 3.92. The van der Waals surface area contributed by atoms with E-state index in [2.05, 4.69) is 0 Å². The molecule has 2 aromatic carbocycles. The smallest absolute Gasteiger partial charge is 0.271 e. The molecule has 0 atom stereocenters. The van der Waals surface area contributed by atoms with Gasteiger partial charge < -0.3 is 4.90 Å². The van der Waals surface area contributed by atoms with Gasteiger partial charge in [0, 0.05) is 31.4 Å². The van der Waals surface area contributed by atoms with Gasteiger partial charge in [0.15, 0.2) is 0 Å². The van der Waals surface area contributed by atoms with Crippen LogP contribution in [0.2, 0.25) is 0 Å². The summed E-state index contributed by atoms with van der Waals surface area (Å²) in [7, 11) is -2.24. The fourth-order valence-corrected chi connectivity index (χ4v) is 5.21. The monoisotopic (exact) mass is 387 g/mol. The molecule has 2 aliphatic heterocycles. The van der Waals surface area contributed by atoms with Crippen molar-refractivity contribution in [1.29, 1.82) is 0 Å². The van der Waals surface area contributed by atoms with E-state index in [-0.39, 0.29) is 29.5 Å². The number of benzene rings is 2. The van der Waals surface area contributed by atoms with E-state index in [1.54, 1.807) is 19.2 Å². The third-order valence-corrected chi connectivity index (χ3v) is 6.88. The van der Waals surface area contributed by atoms with Crippen LogP contribution >= 0.6 is 0 Å². The summed E-state index contributed by atoms with van der Waals surface area (Å²) in [5.41, 5.74) is 2.35. The van der Waals surface area contributed by atoms with Crippen LogP contribution in [0, 0.1) is 10.1 Å². The third-order valence-electron chi connectivity index (χ3n) is 5.07. The van der Waals surface area contributed by atoms with Crippen LogP contribution in [-0.4, -0.2) is 32.8 Å². The molecule has 0 bridgehead atoms. The average Bonchev–Trinajstić information content (AvgIpc) is 2.94. The number of nitrogens with zero attached hydrogens (tertiary/aromatic N) is 3. The summed E-state index contributed by atoms with van der Waals surface area (Å²) in [6.07, 6.45) is 1.47. The van der Waals surface area contributed by atoms with E-state index in [1.807, 2.05) is 0 Å². The van der Waals surface area contributed by atoms with Gasteiger partial charge in [-0.3, -0.25) is 19.2 Å². The van der Waals surface area contributed by atoms with Crippen molar-refractivity contribution in [3.63, 3.8) is 0 Å². The standard InChI is InChI=1S/C18H17N3O5S/c1-19-16-7-6-15(9-13(16)10-18(19)22)27(25,26)20-8-2-3-12-4-5-14(21(23)24)11-17(12)20/h4-7,9,11H,2-3,8,10H2,1H3. The Morgan fingerprint density at radius 2 is 1.85 bits per heavy atom. The van der Waals surface area contributed by atoms with Crippen LogP contribution in [0.15, 0.2) is 41.3 Å². The maximum Gasteiger partial charge on any atom is 0.271 e. The highest BCUT2D eigenvalue weighted by Gasteiger charge is 2.32. The first-order valence-corrected chi connectivity index (χ1v) is 9.92. The number of nitro benzene ring substituents is 1. The molecular formula is C18H17N3O5S. The van der Waals surface area contributed by atoms with E-state index in [0.29, 0.717) is 29.8 Å². The third kappa shape index (κ3) is 2.74. The van der Waals surface area contributed by atoms with Crippen molar-refractivity contribution in [2.24, 2.45) is 0 Å². The summed E-state index contributed by atoms with van der Waals surface area (Å²) in [4.78, 5) is 24.0. The molecule has 0 fully saturated rings. The molecule has 0 radical (unpaired) electrons. The van der Waals surface area contributed by atoms with E-state index in [0.717, 1.165) is 5.56 Å². The molecule has 1 amide bonds.